The van der Waals surface area contributed by atoms with Crippen LogP contribution in [0, 0.1) is 40.4 Å². The van der Waals surface area contributed by atoms with Crippen LogP contribution in [0.1, 0.15) is 86.5 Å². The van der Waals surface area contributed by atoms with E-state index in [1.807, 2.05) is 0 Å². The summed E-state index contributed by atoms with van der Waals surface area (Å²) in [6.07, 6.45) is 8.89. The van der Waals surface area contributed by atoms with E-state index in [4.69, 9.17) is 4.43 Å². The minimum Gasteiger partial charge on any atom is -0.414 e. The molecule has 0 amide bonds. The van der Waals surface area contributed by atoms with Crippen LogP contribution >= 0.6 is 0 Å². The highest BCUT2D eigenvalue weighted by Crippen LogP contribution is 2.59. The molecular weight excluding hydrogens is 358 g/mol. The second kappa shape index (κ2) is 9.94. The van der Waals surface area contributed by atoms with Gasteiger partial charge in [0.15, 0.2) is 8.32 Å². The van der Waals surface area contributed by atoms with Crippen LogP contribution in [0.2, 0.25) is 18.1 Å². The van der Waals surface area contributed by atoms with Gasteiger partial charge in [-0.05, 0) is 86.7 Å². The molecule has 2 fully saturated rings. The average molecular weight is 404 g/mol. The Labute approximate surface area is 176 Å². The molecule has 0 N–H and O–H groups in total. The molecule has 2 nitrogen and oxygen atoms in total. The molecule has 2 aliphatic rings. The van der Waals surface area contributed by atoms with Gasteiger partial charge in [0.25, 0.3) is 0 Å². The smallest absolute Gasteiger partial charge is 0.192 e. The van der Waals surface area contributed by atoms with Gasteiger partial charge >= 0.3 is 0 Å². The fraction of sp³-hybridized carbons (Fsp3) is 0.880. The Balaban J connectivity index is 2.16. The third-order valence-electron chi connectivity index (χ3n) is 8.79. The number of hydrogen-bond donors (Lipinski definition) is 0. The quantitative estimate of drug-likeness (QED) is 0.276. The van der Waals surface area contributed by atoms with Crippen LogP contribution in [-0.4, -0.2) is 14.4 Å². The van der Waals surface area contributed by atoms with Crippen LogP contribution in [0.3, 0.4) is 0 Å². The number of nitriles is 1. The van der Waals surface area contributed by atoms with Crippen molar-refractivity contribution in [2.24, 2.45) is 29.1 Å². The average Bonchev–Trinajstić information content (AvgIpc) is 3.04. The Morgan fingerprint density at radius 3 is 2.39 bits per heavy atom. The van der Waals surface area contributed by atoms with Crippen molar-refractivity contribution < 1.29 is 4.43 Å². The number of fused-ring (bicyclic) bond motifs is 1. The van der Waals surface area contributed by atoms with Crippen LogP contribution in [-0.2, 0) is 4.43 Å². The standard InChI is InChI=1S/C25H45NOSi/c1-8-28(9-2,10-3)27-24-12-11-17-25(7)22(15-16-23(24)25)20(6)21(18-26)14-13-19(4)5/h20-24H,4,8-17H2,1-3,5-7H3/t20-,21?,22?,23?,24-,25+/m0/s1. The predicted molar refractivity (Wildman–Crippen MR) is 123 cm³/mol. The van der Waals surface area contributed by atoms with E-state index in [0.717, 1.165) is 12.8 Å². The lowest BCUT2D eigenvalue weighted by molar-refractivity contribution is -0.0235. The third-order valence-corrected chi connectivity index (χ3v) is 13.5. The Morgan fingerprint density at radius 2 is 1.86 bits per heavy atom. The van der Waals surface area contributed by atoms with E-state index in [1.54, 1.807) is 0 Å². The Hall–Kier alpha value is -0.593. The maximum absolute atomic E-state index is 9.85. The molecule has 0 aromatic carbocycles. The van der Waals surface area contributed by atoms with Gasteiger partial charge in [-0.2, -0.15) is 5.26 Å². The maximum atomic E-state index is 9.85. The van der Waals surface area contributed by atoms with E-state index < -0.39 is 8.32 Å². The summed E-state index contributed by atoms with van der Waals surface area (Å²) in [4.78, 5) is 0. The van der Waals surface area contributed by atoms with Gasteiger partial charge in [0.1, 0.15) is 0 Å². The molecule has 0 aromatic heterocycles. The van der Waals surface area contributed by atoms with Crippen molar-refractivity contribution in [3.05, 3.63) is 12.2 Å². The molecule has 0 aromatic rings. The fourth-order valence-corrected chi connectivity index (χ4v) is 9.54. The van der Waals surface area contributed by atoms with Crippen LogP contribution in [0.25, 0.3) is 0 Å². The summed E-state index contributed by atoms with van der Waals surface area (Å²) in [5.41, 5.74) is 1.56. The Morgan fingerprint density at radius 1 is 1.21 bits per heavy atom. The second-order valence-electron chi connectivity index (χ2n) is 10.2. The molecule has 0 radical (unpaired) electrons. The molecule has 0 spiro atoms. The van der Waals surface area contributed by atoms with Gasteiger partial charge in [-0.25, -0.2) is 0 Å². The zero-order chi connectivity index (χ0) is 20.9. The van der Waals surface area contributed by atoms with Crippen molar-refractivity contribution in [1.29, 1.82) is 5.26 Å². The highest BCUT2D eigenvalue weighted by atomic mass is 28.4. The molecule has 2 aliphatic carbocycles. The molecule has 0 bridgehead atoms. The molecule has 160 valence electrons. The van der Waals surface area contributed by atoms with Crippen LogP contribution in [0.5, 0.6) is 0 Å². The first-order valence-electron chi connectivity index (χ1n) is 12.0. The number of hydrogen-bond acceptors (Lipinski definition) is 2. The van der Waals surface area contributed by atoms with Gasteiger partial charge in [0.2, 0.25) is 0 Å². The first kappa shape index (κ1) is 23.7. The normalized spacial score (nSPS) is 32.4. The molecule has 0 heterocycles. The molecular formula is C25H45NOSi. The molecule has 0 saturated heterocycles. The number of allylic oxidation sites excluding steroid dienone is 1. The molecule has 0 aliphatic heterocycles. The van der Waals surface area contributed by atoms with E-state index in [-0.39, 0.29) is 5.92 Å². The van der Waals surface area contributed by atoms with Gasteiger partial charge < -0.3 is 4.43 Å². The van der Waals surface area contributed by atoms with Crippen LogP contribution < -0.4 is 0 Å². The summed E-state index contributed by atoms with van der Waals surface area (Å²) >= 11 is 0. The number of nitrogens with zero attached hydrogens (tertiary/aromatic N) is 1. The van der Waals surface area contributed by atoms with Crippen molar-refractivity contribution in [1.82, 2.24) is 0 Å². The van der Waals surface area contributed by atoms with E-state index in [1.165, 1.54) is 55.8 Å². The van der Waals surface area contributed by atoms with Crippen molar-refractivity contribution in [2.75, 3.05) is 0 Å². The van der Waals surface area contributed by atoms with Gasteiger partial charge in [-0.15, -0.1) is 6.58 Å². The SMILES string of the molecule is C=C(C)CCC(C#N)[C@H](C)C1CCC2[C@@H](O[Si](CC)(CC)CC)CCC[C@]12C. The van der Waals surface area contributed by atoms with E-state index in [9.17, 15) is 5.26 Å². The summed E-state index contributed by atoms with van der Waals surface area (Å²) in [6, 6.07) is 6.40. The highest BCUT2D eigenvalue weighted by Gasteiger charge is 2.54. The highest BCUT2D eigenvalue weighted by molar-refractivity contribution is 6.73. The minimum absolute atomic E-state index is 0.161. The Kier molecular flexibility index (Phi) is 8.41. The molecule has 2 saturated carbocycles. The zero-order valence-electron chi connectivity index (χ0n) is 19.5. The molecule has 2 rings (SSSR count). The van der Waals surface area contributed by atoms with E-state index in [0.29, 0.717) is 29.3 Å². The first-order valence-corrected chi connectivity index (χ1v) is 14.5. The topological polar surface area (TPSA) is 33.0 Å². The summed E-state index contributed by atoms with van der Waals surface area (Å²) < 4.78 is 7.06. The molecule has 3 unspecified atom stereocenters. The lowest BCUT2D eigenvalue weighted by Gasteiger charge is -2.49. The molecule has 28 heavy (non-hydrogen) atoms. The van der Waals surface area contributed by atoms with Crippen molar-refractivity contribution >= 4 is 8.32 Å². The van der Waals surface area contributed by atoms with E-state index in [2.05, 4.69) is 54.2 Å². The third kappa shape index (κ3) is 4.76. The van der Waals surface area contributed by atoms with Crippen molar-refractivity contribution in [3.63, 3.8) is 0 Å². The van der Waals surface area contributed by atoms with Gasteiger partial charge in [0.05, 0.1) is 6.07 Å². The van der Waals surface area contributed by atoms with Crippen LogP contribution in [0.15, 0.2) is 12.2 Å². The summed E-state index contributed by atoms with van der Waals surface area (Å²) in [5.74, 6) is 2.00. The predicted octanol–water partition coefficient (Wildman–Crippen LogP) is 7.73. The lowest BCUT2D eigenvalue weighted by atomic mass is 9.60. The summed E-state index contributed by atoms with van der Waals surface area (Å²) in [6.45, 7) is 18.1. The Bertz CT molecular complexity index is 555. The molecule has 3 heteroatoms. The lowest BCUT2D eigenvalue weighted by Crippen LogP contribution is -2.48. The summed E-state index contributed by atoms with van der Waals surface area (Å²) in [5, 5.41) is 9.85. The zero-order valence-corrected chi connectivity index (χ0v) is 20.5. The van der Waals surface area contributed by atoms with Crippen molar-refractivity contribution in [2.45, 2.75) is 111 Å². The summed E-state index contributed by atoms with van der Waals surface area (Å²) in [7, 11) is -1.56. The second-order valence-corrected chi connectivity index (χ2v) is 14.9. The van der Waals surface area contributed by atoms with Crippen LogP contribution in [0.4, 0.5) is 0 Å². The van der Waals surface area contributed by atoms with Gasteiger partial charge in [0, 0.05) is 12.0 Å². The fourth-order valence-electron chi connectivity index (χ4n) is 6.61. The first-order chi connectivity index (χ1) is 13.3. The minimum atomic E-state index is -1.56. The monoisotopic (exact) mass is 403 g/mol. The number of rotatable bonds is 10. The van der Waals surface area contributed by atoms with Crippen molar-refractivity contribution in [3.8, 4) is 6.07 Å². The van der Waals surface area contributed by atoms with Gasteiger partial charge in [-0.3, -0.25) is 0 Å². The largest absolute Gasteiger partial charge is 0.414 e. The van der Waals surface area contributed by atoms with Gasteiger partial charge in [-0.1, -0.05) is 46.6 Å². The van der Waals surface area contributed by atoms with E-state index >= 15 is 0 Å². The molecule has 6 atom stereocenters. The maximum Gasteiger partial charge on any atom is 0.192 e.